The molecule has 0 bridgehead atoms. The number of hydrogen-bond donors (Lipinski definition) is 1. The van der Waals surface area contributed by atoms with Gasteiger partial charge in [-0.1, -0.05) is 13.3 Å². The number of nitriles is 1. The number of amides is 2. The van der Waals surface area contributed by atoms with Crippen molar-refractivity contribution < 1.29 is 14.3 Å². The first-order valence-electron chi connectivity index (χ1n) is 6.62. The van der Waals surface area contributed by atoms with Crippen molar-refractivity contribution >= 4 is 11.8 Å². The summed E-state index contributed by atoms with van der Waals surface area (Å²) in [5, 5.41) is 9.35. The third-order valence-electron chi connectivity index (χ3n) is 3.39. The Hall–Kier alpha value is -1.61. The quantitative estimate of drug-likeness (QED) is 0.754. The summed E-state index contributed by atoms with van der Waals surface area (Å²) in [5.74, 6) is -0.838. The Labute approximate surface area is 113 Å². The van der Waals surface area contributed by atoms with Crippen molar-refractivity contribution in [2.75, 3.05) is 26.3 Å². The second-order valence-electron chi connectivity index (χ2n) is 4.85. The van der Waals surface area contributed by atoms with Gasteiger partial charge in [0.15, 0.2) is 0 Å². The van der Waals surface area contributed by atoms with Crippen LogP contribution in [0.15, 0.2) is 0 Å². The first-order valence-corrected chi connectivity index (χ1v) is 6.62. The molecule has 0 atom stereocenters. The van der Waals surface area contributed by atoms with Gasteiger partial charge in [0.25, 0.3) is 0 Å². The maximum absolute atomic E-state index is 12.5. The maximum atomic E-state index is 12.5. The van der Waals surface area contributed by atoms with Gasteiger partial charge in [0.2, 0.25) is 11.8 Å². The fourth-order valence-electron chi connectivity index (χ4n) is 2.19. The van der Waals surface area contributed by atoms with Crippen LogP contribution in [0.5, 0.6) is 0 Å². The van der Waals surface area contributed by atoms with Crippen molar-refractivity contribution in [3.05, 3.63) is 0 Å². The van der Waals surface area contributed by atoms with Gasteiger partial charge >= 0.3 is 0 Å². The lowest BCUT2D eigenvalue weighted by Gasteiger charge is -2.34. The van der Waals surface area contributed by atoms with E-state index < -0.39 is 11.3 Å². The highest BCUT2D eigenvalue weighted by Gasteiger charge is 2.43. The van der Waals surface area contributed by atoms with E-state index in [4.69, 9.17) is 10.5 Å². The Kier molecular flexibility index (Phi) is 5.77. The van der Waals surface area contributed by atoms with E-state index in [1.165, 1.54) is 4.90 Å². The molecular weight excluding hydrogens is 246 g/mol. The maximum Gasteiger partial charge on any atom is 0.243 e. The van der Waals surface area contributed by atoms with Crippen LogP contribution in [0.4, 0.5) is 0 Å². The van der Waals surface area contributed by atoms with E-state index in [-0.39, 0.29) is 12.5 Å². The minimum absolute atomic E-state index is 0.122. The van der Waals surface area contributed by atoms with Crippen LogP contribution in [-0.4, -0.2) is 43.0 Å². The largest absolute Gasteiger partial charge is 0.381 e. The Bertz CT molecular complexity index is 370. The summed E-state index contributed by atoms with van der Waals surface area (Å²) in [7, 11) is 0. The highest BCUT2D eigenvalue weighted by atomic mass is 16.5. The number of nitrogens with zero attached hydrogens (tertiary/aromatic N) is 2. The van der Waals surface area contributed by atoms with Gasteiger partial charge in [0.1, 0.15) is 5.41 Å². The van der Waals surface area contributed by atoms with Gasteiger partial charge in [-0.2, -0.15) is 5.26 Å². The minimum atomic E-state index is -1.05. The Morgan fingerprint density at radius 3 is 2.53 bits per heavy atom. The Morgan fingerprint density at radius 1 is 1.42 bits per heavy atom. The van der Waals surface area contributed by atoms with Crippen molar-refractivity contribution in [2.45, 2.75) is 32.6 Å². The second kappa shape index (κ2) is 7.10. The lowest BCUT2D eigenvalue weighted by Crippen LogP contribution is -2.49. The smallest absolute Gasteiger partial charge is 0.243 e. The summed E-state index contributed by atoms with van der Waals surface area (Å²) in [6.45, 7) is 3.14. The summed E-state index contributed by atoms with van der Waals surface area (Å²) in [5.41, 5.74) is 4.12. The number of carbonyl (C=O) groups is 2. The molecule has 0 unspecified atom stereocenters. The zero-order chi connectivity index (χ0) is 14.3. The molecule has 0 aliphatic carbocycles. The molecule has 106 valence electrons. The Morgan fingerprint density at radius 2 is 2.05 bits per heavy atom. The van der Waals surface area contributed by atoms with Crippen LogP contribution in [0.2, 0.25) is 0 Å². The number of unbranched alkanes of at least 4 members (excludes halogenated alkanes) is 1. The van der Waals surface area contributed by atoms with E-state index in [1.54, 1.807) is 0 Å². The first-order chi connectivity index (χ1) is 9.05. The van der Waals surface area contributed by atoms with Crippen molar-refractivity contribution in [1.29, 1.82) is 5.26 Å². The molecule has 2 N–H and O–H groups in total. The second-order valence-corrected chi connectivity index (χ2v) is 4.85. The third-order valence-corrected chi connectivity index (χ3v) is 3.39. The van der Waals surface area contributed by atoms with Gasteiger partial charge in [-0.25, -0.2) is 0 Å². The lowest BCUT2D eigenvalue weighted by molar-refractivity contribution is -0.145. The molecule has 6 heteroatoms. The van der Waals surface area contributed by atoms with E-state index in [0.29, 0.717) is 32.6 Å². The molecule has 6 nitrogen and oxygen atoms in total. The standard InChI is InChI=1S/C13H21N3O3/c1-2-3-6-16(9-11(15)17)12(18)13(10-14)4-7-19-8-5-13/h2-9H2,1H3,(H2,15,17). The zero-order valence-electron chi connectivity index (χ0n) is 11.4. The molecule has 19 heavy (non-hydrogen) atoms. The number of ether oxygens (including phenoxy) is 1. The van der Waals surface area contributed by atoms with E-state index in [1.807, 2.05) is 6.92 Å². The lowest BCUT2D eigenvalue weighted by atomic mass is 9.80. The van der Waals surface area contributed by atoms with Gasteiger partial charge < -0.3 is 15.4 Å². The molecule has 1 rings (SSSR count). The highest BCUT2D eigenvalue weighted by Crippen LogP contribution is 2.32. The number of carbonyl (C=O) groups excluding carboxylic acids is 2. The number of hydrogen-bond acceptors (Lipinski definition) is 4. The van der Waals surface area contributed by atoms with Crippen LogP contribution in [0.3, 0.4) is 0 Å². The monoisotopic (exact) mass is 267 g/mol. The predicted molar refractivity (Wildman–Crippen MR) is 68.8 cm³/mol. The minimum Gasteiger partial charge on any atom is -0.381 e. The number of primary amides is 1. The molecule has 0 aromatic rings. The fraction of sp³-hybridized carbons (Fsp3) is 0.769. The number of nitrogens with two attached hydrogens (primary N) is 1. The molecule has 2 amide bonds. The highest BCUT2D eigenvalue weighted by molar-refractivity contribution is 5.89. The Balaban J connectivity index is 2.83. The predicted octanol–water partition coefficient (Wildman–Crippen LogP) is 0.421. The summed E-state index contributed by atoms with van der Waals surface area (Å²) < 4.78 is 5.21. The van der Waals surface area contributed by atoms with Crippen molar-refractivity contribution in [3.63, 3.8) is 0 Å². The summed E-state index contributed by atoms with van der Waals surface area (Å²) in [4.78, 5) is 25.0. The molecule has 1 aliphatic heterocycles. The van der Waals surface area contributed by atoms with Gasteiger partial charge in [0.05, 0.1) is 12.6 Å². The first kappa shape index (κ1) is 15.4. The molecular formula is C13H21N3O3. The average Bonchev–Trinajstić information content (AvgIpc) is 2.43. The molecule has 0 saturated carbocycles. The van der Waals surface area contributed by atoms with Gasteiger partial charge in [0, 0.05) is 19.8 Å². The molecule has 1 saturated heterocycles. The van der Waals surface area contributed by atoms with Crippen LogP contribution in [0, 0.1) is 16.7 Å². The van der Waals surface area contributed by atoms with Gasteiger partial charge in [-0.05, 0) is 19.3 Å². The topological polar surface area (TPSA) is 96.4 Å². The van der Waals surface area contributed by atoms with Gasteiger partial charge in [-0.3, -0.25) is 9.59 Å². The van der Waals surface area contributed by atoms with Crippen LogP contribution >= 0.6 is 0 Å². The summed E-state index contributed by atoms with van der Waals surface area (Å²) >= 11 is 0. The van der Waals surface area contributed by atoms with Gasteiger partial charge in [-0.15, -0.1) is 0 Å². The number of rotatable bonds is 6. The SMILES string of the molecule is CCCCN(CC(N)=O)C(=O)C1(C#N)CCOCC1. The van der Waals surface area contributed by atoms with Crippen molar-refractivity contribution in [3.8, 4) is 6.07 Å². The van der Waals surface area contributed by atoms with Crippen LogP contribution in [0.1, 0.15) is 32.6 Å². The van der Waals surface area contributed by atoms with E-state index >= 15 is 0 Å². The normalized spacial score (nSPS) is 17.5. The van der Waals surface area contributed by atoms with Crippen LogP contribution in [-0.2, 0) is 14.3 Å². The molecule has 1 heterocycles. The van der Waals surface area contributed by atoms with Crippen molar-refractivity contribution in [1.82, 2.24) is 4.90 Å². The molecule has 0 radical (unpaired) electrons. The van der Waals surface area contributed by atoms with Crippen LogP contribution < -0.4 is 5.73 Å². The summed E-state index contributed by atoms with van der Waals surface area (Å²) in [6.07, 6.45) is 2.45. The third kappa shape index (κ3) is 3.93. The zero-order valence-corrected chi connectivity index (χ0v) is 11.4. The van der Waals surface area contributed by atoms with E-state index in [2.05, 4.69) is 6.07 Å². The molecule has 0 aromatic carbocycles. The molecule has 0 spiro atoms. The van der Waals surface area contributed by atoms with E-state index in [9.17, 15) is 14.9 Å². The molecule has 0 aromatic heterocycles. The summed E-state index contributed by atoms with van der Waals surface area (Å²) in [6, 6.07) is 2.12. The van der Waals surface area contributed by atoms with E-state index in [0.717, 1.165) is 12.8 Å². The fourth-order valence-corrected chi connectivity index (χ4v) is 2.19. The molecule has 1 aliphatic rings. The average molecular weight is 267 g/mol. The van der Waals surface area contributed by atoms with Crippen molar-refractivity contribution in [2.24, 2.45) is 11.1 Å². The van der Waals surface area contributed by atoms with Crippen LogP contribution in [0.25, 0.3) is 0 Å². The molecule has 1 fully saturated rings.